The number of benzene rings is 1. The molecule has 44 heavy (non-hydrogen) atoms. The standard InChI is InChI=1S/C35H50N4O5/c1-11-27-28(18-24(2)36-7)25(3)37(8)21-29(27)26-19-31(41-9)30(32(20-26)42-10)22-38-14-12-35(13-15-38)23-39(16-17-43-35)33(40)44-34(4,5)6/h11,18-21,36H,1,3,12-17,22-23H2,2,4-10H3/b24-18+. The summed E-state index contributed by atoms with van der Waals surface area (Å²) in [4.78, 5) is 19.0. The highest BCUT2D eigenvalue weighted by atomic mass is 16.6. The van der Waals surface area contributed by atoms with Gasteiger partial charge < -0.3 is 34.1 Å². The van der Waals surface area contributed by atoms with Crippen molar-refractivity contribution in [3.8, 4) is 11.5 Å². The lowest BCUT2D eigenvalue weighted by Crippen LogP contribution is -2.58. The topological polar surface area (TPSA) is 75.7 Å². The highest BCUT2D eigenvalue weighted by Gasteiger charge is 2.42. The average Bonchev–Trinajstić information content (AvgIpc) is 2.99. The normalized spacial score (nSPS) is 19.6. The van der Waals surface area contributed by atoms with Gasteiger partial charge in [-0.2, -0.15) is 0 Å². The molecule has 0 aromatic heterocycles. The number of methoxy groups -OCH3 is 2. The van der Waals surface area contributed by atoms with Crippen LogP contribution < -0.4 is 14.8 Å². The van der Waals surface area contributed by atoms with Gasteiger partial charge in [0.15, 0.2) is 0 Å². The van der Waals surface area contributed by atoms with E-state index in [4.69, 9.17) is 18.9 Å². The van der Waals surface area contributed by atoms with Crippen molar-refractivity contribution in [2.75, 3.05) is 61.1 Å². The molecule has 3 heterocycles. The Hall–Kier alpha value is -3.69. The highest BCUT2D eigenvalue weighted by Crippen LogP contribution is 2.41. The predicted octanol–water partition coefficient (Wildman–Crippen LogP) is 5.71. The summed E-state index contributed by atoms with van der Waals surface area (Å²) in [6, 6.07) is 4.16. The van der Waals surface area contributed by atoms with Crippen LogP contribution in [0.15, 0.2) is 66.2 Å². The van der Waals surface area contributed by atoms with Crippen LogP contribution in [0.25, 0.3) is 5.57 Å². The van der Waals surface area contributed by atoms with Gasteiger partial charge in [0.2, 0.25) is 0 Å². The second kappa shape index (κ2) is 13.5. The third-order valence-corrected chi connectivity index (χ3v) is 8.57. The van der Waals surface area contributed by atoms with Crippen molar-refractivity contribution in [2.45, 2.75) is 58.3 Å². The molecule has 1 amide bonds. The SMILES string of the molecule is C=CC1=C(/C=C(\C)NC)C(=C)N(C)C=C1c1cc(OC)c(CN2CCC3(CC2)CN(C(=O)OC(C)(C)C)CCO3)c(OC)c1. The van der Waals surface area contributed by atoms with Gasteiger partial charge in [-0.1, -0.05) is 19.2 Å². The molecule has 0 unspecified atom stereocenters. The van der Waals surface area contributed by atoms with Gasteiger partial charge in [-0.25, -0.2) is 4.79 Å². The Labute approximate surface area is 263 Å². The van der Waals surface area contributed by atoms with Crippen molar-refractivity contribution in [3.05, 3.63) is 77.3 Å². The minimum absolute atomic E-state index is 0.268. The van der Waals surface area contributed by atoms with Gasteiger partial charge in [0.25, 0.3) is 0 Å². The number of nitrogens with zero attached hydrogens (tertiary/aromatic N) is 3. The van der Waals surface area contributed by atoms with Crippen molar-refractivity contribution < 1.29 is 23.7 Å². The molecule has 0 atom stereocenters. The van der Waals surface area contributed by atoms with E-state index in [1.807, 2.05) is 52.8 Å². The third kappa shape index (κ3) is 7.33. The molecule has 0 bridgehead atoms. The molecule has 9 nitrogen and oxygen atoms in total. The zero-order valence-corrected chi connectivity index (χ0v) is 27.8. The molecule has 2 fully saturated rings. The number of carbonyl (C=O) groups excluding carboxylic acids is 1. The number of carbonyl (C=O) groups is 1. The maximum atomic E-state index is 12.8. The molecule has 3 aliphatic rings. The minimum Gasteiger partial charge on any atom is -0.496 e. The van der Waals surface area contributed by atoms with Crippen molar-refractivity contribution in [2.24, 2.45) is 0 Å². The van der Waals surface area contributed by atoms with Gasteiger partial charge in [0.05, 0.1) is 38.5 Å². The van der Waals surface area contributed by atoms with Gasteiger partial charge in [-0.05, 0) is 69.9 Å². The minimum atomic E-state index is -0.522. The third-order valence-electron chi connectivity index (χ3n) is 8.57. The molecule has 240 valence electrons. The second-order valence-electron chi connectivity index (χ2n) is 12.8. The number of likely N-dealkylation sites (tertiary alicyclic amines) is 1. The summed E-state index contributed by atoms with van der Waals surface area (Å²) in [6.07, 6.45) is 7.44. The van der Waals surface area contributed by atoms with Crippen molar-refractivity contribution in [3.63, 3.8) is 0 Å². The van der Waals surface area contributed by atoms with E-state index in [1.165, 1.54) is 0 Å². The van der Waals surface area contributed by atoms with E-state index >= 15 is 0 Å². The monoisotopic (exact) mass is 606 g/mol. The van der Waals surface area contributed by atoms with Crippen LogP contribution in [0.4, 0.5) is 4.79 Å². The Bertz CT molecular complexity index is 1340. The first-order chi connectivity index (χ1) is 20.8. The van der Waals surface area contributed by atoms with Crippen LogP contribution >= 0.6 is 0 Å². The first kappa shape index (κ1) is 33.2. The Morgan fingerprint density at radius 3 is 2.30 bits per heavy atom. The Kier molecular flexibility index (Phi) is 10.2. The number of rotatable bonds is 8. The zero-order chi connectivity index (χ0) is 32.2. The number of allylic oxidation sites excluding steroid dienone is 5. The fraction of sp³-hybridized carbons (Fsp3) is 0.514. The number of nitrogens with one attached hydrogen (secondary N) is 1. The Balaban J connectivity index is 1.55. The predicted molar refractivity (Wildman–Crippen MR) is 175 cm³/mol. The molecular formula is C35H50N4O5. The molecule has 2 saturated heterocycles. The van der Waals surface area contributed by atoms with Crippen molar-refractivity contribution in [1.29, 1.82) is 0 Å². The van der Waals surface area contributed by atoms with Crippen LogP contribution in [0.1, 0.15) is 51.7 Å². The van der Waals surface area contributed by atoms with Crippen LogP contribution in [0.5, 0.6) is 11.5 Å². The van der Waals surface area contributed by atoms with Gasteiger partial charge in [0.1, 0.15) is 17.1 Å². The quantitative estimate of drug-likeness (QED) is 0.403. The molecule has 1 N–H and O–H groups in total. The number of piperidine rings is 1. The number of hydrogen-bond acceptors (Lipinski definition) is 8. The molecule has 3 aliphatic heterocycles. The van der Waals surface area contributed by atoms with Crippen LogP contribution in [0.2, 0.25) is 0 Å². The lowest BCUT2D eigenvalue weighted by molar-refractivity contribution is -0.134. The average molecular weight is 607 g/mol. The number of amides is 1. The van der Waals surface area contributed by atoms with Crippen LogP contribution in [0.3, 0.4) is 0 Å². The van der Waals surface area contributed by atoms with E-state index in [0.29, 0.717) is 26.2 Å². The van der Waals surface area contributed by atoms with Gasteiger partial charge in [-0.15, -0.1) is 0 Å². The maximum Gasteiger partial charge on any atom is 0.410 e. The van der Waals surface area contributed by atoms with E-state index in [-0.39, 0.29) is 11.7 Å². The fourth-order valence-electron chi connectivity index (χ4n) is 6.00. The Morgan fingerprint density at radius 2 is 1.75 bits per heavy atom. The van der Waals surface area contributed by atoms with Crippen LogP contribution in [0, 0.1) is 0 Å². The zero-order valence-electron chi connectivity index (χ0n) is 27.8. The molecular weight excluding hydrogens is 556 g/mol. The first-order valence-corrected chi connectivity index (χ1v) is 15.3. The van der Waals surface area contributed by atoms with Crippen molar-refractivity contribution in [1.82, 2.24) is 20.0 Å². The van der Waals surface area contributed by atoms with E-state index in [2.05, 4.69) is 47.8 Å². The molecule has 4 rings (SSSR count). The summed E-state index contributed by atoms with van der Waals surface area (Å²) >= 11 is 0. The summed E-state index contributed by atoms with van der Waals surface area (Å²) in [5.41, 5.74) is 6.04. The summed E-state index contributed by atoms with van der Waals surface area (Å²) < 4.78 is 23.9. The lowest BCUT2D eigenvalue weighted by Gasteiger charge is -2.47. The number of hydrogen-bond donors (Lipinski definition) is 1. The van der Waals surface area contributed by atoms with Gasteiger partial charge in [-0.3, -0.25) is 4.90 Å². The van der Waals surface area contributed by atoms with E-state index in [9.17, 15) is 4.79 Å². The lowest BCUT2D eigenvalue weighted by atomic mass is 9.88. The van der Waals surface area contributed by atoms with E-state index in [0.717, 1.165) is 76.7 Å². The van der Waals surface area contributed by atoms with Crippen LogP contribution in [-0.4, -0.2) is 93.1 Å². The second-order valence-corrected chi connectivity index (χ2v) is 12.8. The molecule has 0 saturated carbocycles. The smallest absolute Gasteiger partial charge is 0.410 e. The number of morpholine rings is 1. The molecule has 9 heteroatoms. The first-order valence-electron chi connectivity index (χ1n) is 15.3. The summed E-state index contributed by atoms with van der Waals surface area (Å²) in [5, 5.41) is 3.20. The molecule has 0 radical (unpaired) electrons. The maximum absolute atomic E-state index is 12.8. The highest BCUT2D eigenvalue weighted by molar-refractivity contribution is 5.87. The molecule has 1 aromatic carbocycles. The molecule has 0 aliphatic carbocycles. The number of likely N-dealkylation sites (N-methyl/N-ethyl adjacent to an activating group) is 1. The van der Waals surface area contributed by atoms with Gasteiger partial charge >= 0.3 is 6.09 Å². The number of ether oxygens (including phenoxy) is 4. The summed E-state index contributed by atoms with van der Waals surface area (Å²) in [7, 11) is 7.31. The fourth-order valence-corrected chi connectivity index (χ4v) is 6.00. The van der Waals surface area contributed by atoms with Crippen molar-refractivity contribution >= 4 is 11.7 Å². The largest absolute Gasteiger partial charge is 0.496 e. The van der Waals surface area contributed by atoms with E-state index in [1.54, 1.807) is 19.1 Å². The summed E-state index contributed by atoms with van der Waals surface area (Å²) in [5.74, 6) is 1.54. The summed E-state index contributed by atoms with van der Waals surface area (Å²) in [6.45, 7) is 20.1. The Morgan fingerprint density at radius 1 is 1.11 bits per heavy atom. The molecule has 1 aromatic rings. The molecule has 1 spiro atoms. The van der Waals surface area contributed by atoms with Crippen LogP contribution in [-0.2, 0) is 16.0 Å². The van der Waals surface area contributed by atoms with E-state index < -0.39 is 5.60 Å². The van der Waals surface area contributed by atoms with Gasteiger partial charge in [0, 0.05) is 69.0 Å².